The normalized spacial score (nSPS) is 25.9. The molecule has 16 heavy (non-hydrogen) atoms. The van der Waals surface area contributed by atoms with E-state index in [-0.39, 0.29) is 0 Å². The summed E-state index contributed by atoms with van der Waals surface area (Å²) >= 11 is 5.99. The fourth-order valence-electron chi connectivity index (χ4n) is 1.89. The molecule has 2 nitrogen and oxygen atoms in total. The number of aromatic nitrogens is 1. The van der Waals surface area contributed by atoms with Crippen LogP contribution in [0.3, 0.4) is 0 Å². The van der Waals surface area contributed by atoms with Gasteiger partial charge < -0.3 is 5.73 Å². The zero-order chi connectivity index (χ0) is 11.5. The average Bonchev–Trinajstić information content (AvgIpc) is 2.70. The second-order valence-corrected chi connectivity index (χ2v) is 7.59. The number of aryl methyl sites for hydroxylation is 1. The van der Waals surface area contributed by atoms with E-state index < -0.39 is 0 Å². The van der Waals surface area contributed by atoms with E-state index in [9.17, 15) is 0 Å². The lowest BCUT2D eigenvalue weighted by Crippen LogP contribution is -2.18. The minimum absolute atomic E-state index is 0.591. The van der Waals surface area contributed by atoms with Gasteiger partial charge in [0.05, 0.1) is 10.9 Å². The molecule has 0 saturated carbocycles. The Balaban J connectivity index is 2.20. The van der Waals surface area contributed by atoms with Crippen LogP contribution in [0.1, 0.15) is 34.2 Å². The Labute approximate surface area is 110 Å². The molecule has 0 spiro atoms. The van der Waals surface area contributed by atoms with E-state index >= 15 is 0 Å². The second-order valence-electron chi connectivity index (χ2n) is 3.87. The molecule has 0 bridgehead atoms. The van der Waals surface area contributed by atoms with Gasteiger partial charge in [0.15, 0.2) is 0 Å². The molecule has 0 aliphatic carbocycles. The second kappa shape index (κ2) is 5.76. The van der Waals surface area contributed by atoms with Crippen molar-refractivity contribution in [3.8, 4) is 0 Å². The molecule has 90 valence electrons. The molecule has 0 amide bonds. The van der Waals surface area contributed by atoms with Crippen molar-refractivity contribution >= 4 is 34.9 Å². The van der Waals surface area contributed by atoms with Gasteiger partial charge in [-0.15, -0.1) is 23.1 Å². The molecular formula is C11H18N2S3. The Kier molecular flexibility index (Phi) is 4.58. The van der Waals surface area contributed by atoms with Gasteiger partial charge in [-0.05, 0) is 13.3 Å². The molecular weight excluding hydrogens is 256 g/mol. The molecule has 1 aliphatic rings. The van der Waals surface area contributed by atoms with Crippen LogP contribution in [0.2, 0.25) is 0 Å². The van der Waals surface area contributed by atoms with Crippen molar-refractivity contribution in [3.05, 3.63) is 15.6 Å². The van der Waals surface area contributed by atoms with Gasteiger partial charge in [-0.2, -0.15) is 11.8 Å². The highest BCUT2D eigenvalue weighted by Crippen LogP contribution is 2.45. The molecule has 0 aromatic carbocycles. The molecule has 1 aromatic rings. The van der Waals surface area contributed by atoms with E-state index in [0.717, 1.165) is 10.9 Å². The largest absolute Gasteiger partial charge is 0.326 e. The van der Waals surface area contributed by atoms with E-state index in [0.29, 0.717) is 11.8 Å². The van der Waals surface area contributed by atoms with E-state index in [1.54, 1.807) is 0 Å². The molecule has 1 aliphatic heterocycles. The van der Waals surface area contributed by atoms with Crippen LogP contribution in [0.5, 0.6) is 0 Å². The monoisotopic (exact) mass is 274 g/mol. The zero-order valence-corrected chi connectivity index (χ0v) is 12.2. The highest BCUT2D eigenvalue weighted by Gasteiger charge is 2.29. The topological polar surface area (TPSA) is 38.9 Å². The van der Waals surface area contributed by atoms with Crippen molar-refractivity contribution < 1.29 is 0 Å². The summed E-state index contributed by atoms with van der Waals surface area (Å²) in [6.07, 6.45) is 1.24. The molecule has 2 N–H and O–H groups in total. The van der Waals surface area contributed by atoms with Gasteiger partial charge in [0, 0.05) is 28.2 Å². The van der Waals surface area contributed by atoms with Crippen LogP contribution < -0.4 is 5.73 Å². The van der Waals surface area contributed by atoms with Crippen molar-refractivity contribution in [1.29, 1.82) is 0 Å². The number of hydrogen-bond donors (Lipinski definition) is 1. The van der Waals surface area contributed by atoms with Crippen LogP contribution in [0, 0.1) is 6.92 Å². The lowest BCUT2D eigenvalue weighted by molar-refractivity contribution is 0.787. The van der Waals surface area contributed by atoms with Gasteiger partial charge >= 0.3 is 0 Å². The summed E-state index contributed by atoms with van der Waals surface area (Å²) in [6.45, 7) is 4.98. The van der Waals surface area contributed by atoms with Crippen LogP contribution in [-0.2, 0) is 6.54 Å². The van der Waals surface area contributed by atoms with Gasteiger partial charge in [-0.3, -0.25) is 0 Å². The first-order valence-corrected chi connectivity index (χ1v) is 8.57. The van der Waals surface area contributed by atoms with Gasteiger partial charge in [0.1, 0.15) is 5.01 Å². The van der Waals surface area contributed by atoms with Crippen molar-refractivity contribution in [2.45, 2.75) is 37.3 Å². The van der Waals surface area contributed by atoms with Gasteiger partial charge in [0.25, 0.3) is 0 Å². The number of hydrogen-bond acceptors (Lipinski definition) is 5. The smallest absolute Gasteiger partial charge is 0.107 e. The lowest BCUT2D eigenvalue weighted by Gasteiger charge is -2.28. The first-order chi connectivity index (χ1) is 7.76. The predicted octanol–water partition coefficient (Wildman–Crippen LogP) is 3.21. The number of thioether (sulfide) groups is 2. The standard InChI is InChI=1S/C11H18N2S3/c1-3-8-10(15-5-4-14-8)11-13-7(2)9(6-12)16-11/h8,10H,3-6,12H2,1-2H3. The van der Waals surface area contributed by atoms with E-state index in [1.165, 1.54) is 27.8 Å². The minimum Gasteiger partial charge on any atom is -0.326 e. The maximum atomic E-state index is 5.72. The van der Waals surface area contributed by atoms with Crippen LogP contribution in [-0.4, -0.2) is 21.7 Å². The third kappa shape index (κ3) is 2.58. The summed E-state index contributed by atoms with van der Waals surface area (Å²) in [7, 11) is 0. The summed E-state index contributed by atoms with van der Waals surface area (Å²) < 4.78 is 0. The Bertz CT molecular complexity index is 351. The van der Waals surface area contributed by atoms with Crippen LogP contribution in [0.15, 0.2) is 0 Å². The number of nitrogens with two attached hydrogens (primary N) is 1. The van der Waals surface area contributed by atoms with Crippen molar-refractivity contribution in [2.75, 3.05) is 11.5 Å². The Morgan fingerprint density at radius 2 is 2.12 bits per heavy atom. The summed E-state index contributed by atoms with van der Waals surface area (Å²) in [5, 5.41) is 2.62. The summed E-state index contributed by atoms with van der Waals surface area (Å²) in [6, 6.07) is 0. The molecule has 1 aromatic heterocycles. The maximum Gasteiger partial charge on any atom is 0.107 e. The molecule has 0 radical (unpaired) electrons. The molecule has 1 saturated heterocycles. The first kappa shape index (κ1) is 12.7. The number of nitrogens with zero attached hydrogens (tertiary/aromatic N) is 1. The van der Waals surface area contributed by atoms with Gasteiger partial charge in [0.2, 0.25) is 0 Å². The molecule has 2 rings (SSSR count). The Morgan fingerprint density at radius 3 is 2.75 bits per heavy atom. The van der Waals surface area contributed by atoms with E-state index in [4.69, 9.17) is 10.7 Å². The molecule has 2 heterocycles. The van der Waals surface area contributed by atoms with E-state index in [2.05, 4.69) is 37.4 Å². The summed E-state index contributed by atoms with van der Waals surface area (Å²) in [4.78, 5) is 5.96. The van der Waals surface area contributed by atoms with Crippen LogP contribution >= 0.6 is 34.9 Å². The molecule has 2 unspecified atom stereocenters. The predicted molar refractivity (Wildman–Crippen MR) is 76.5 cm³/mol. The first-order valence-electron chi connectivity index (χ1n) is 5.65. The lowest BCUT2D eigenvalue weighted by atomic mass is 10.2. The molecule has 1 fully saturated rings. The van der Waals surface area contributed by atoms with Crippen molar-refractivity contribution in [2.24, 2.45) is 5.73 Å². The third-order valence-corrected chi connectivity index (χ3v) is 7.46. The molecule has 5 heteroatoms. The van der Waals surface area contributed by atoms with Crippen LogP contribution in [0.25, 0.3) is 0 Å². The number of rotatable bonds is 3. The van der Waals surface area contributed by atoms with Crippen molar-refractivity contribution in [1.82, 2.24) is 4.98 Å². The van der Waals surface area contributed by atoms with E-state index in [1.807, 2.05) is 11.3 Å². The quantitative estimate of drug-likeness (QED) is 0.918. The number of thiazole rings is 1. The van der Waals surface area contributed by atoms with Crippen molar-refractivity contribution in [3.63, 3.8) is 0 Å². The third-order valence-electron chi connectivity index (χ3n) is 2.79. The average molecular weight is 274 g/mol. The summed E-state index contributed by atoms with van der Waals surface area (Å²) in [5.41, 5.74) is 6.85. The fourth-order valence-corrected chi connectivity index (χ4v) is 6.26. The van der Waals surface area contributed by atoms with Crippen LogP contribution in [0.4, 0.5) is 0 Å². The van der Waals surface area contributed by atoms with Gasteiger partial charge in [-0.25, -0.2) is 4.98 Å². The molecule has 2 atom stereocenters. The fraction of sp³-hybridized carbons (Fsp3) is 0.727. The summed E-state index contributed by atoms with van der Waals surface area (Å²) in [5.74, 6) is 2.54. The van der Waals surface area contributed by atoms with Gasteiger partial charge in [-0.1, -0.05) is 6.92 Å². The zero-order valence-electron chi connectivity index (χ0n) is 9.73. The maximum absolute atomic E-state index is 5.72. The SMILES string of the molecule is CCC1SCCSC1c1nc(C)c(CN)s1. The Morgan fingerprint density at radius 1 is 1.38 bits per heavy atom. The highest BCUT2D eigenvalue weighted by atomic mass is 32.2. The highest BCUT2D eigenvalue weighted by molar-refractivity contribution is 8.06. The minimum atomic E-state index is 0.591. The Hall–Kier alpha value is 0.290.